The number of benzene rings is 1. The van der Waals surface area contributed by atoms with Crippen LogP contribution in [0.2, 0.25) is 0 Å². The van der Waals surface area contributed by atoms with Gasteiger partial charge in [0.25, 0.3) is 5.91 Å². The summed E-state index contributed by atoms with van der Waals surface area (Å²) in [4.78, 5) is 16.4. The van der Waals surface area contributed by atoms with Crippen LogP contribution in [0.1, 0.15) is 31.7 Å². The standard InChI is InChI=1S/C17H18N4O4S2/c1-3-4-5-14-20-21-15(18)13(16(22)19-17(21)26-14)10-11-6-8-12(9-7-11)25-27(2,23)24/h6-10,18H,3-5H2,1-2H3/b13-10-,18-15?. The number of nitrogens with one attached hydrogen (secondary N) is 1. The molecule has 1 aromatic carbocycles. The molecule has 0 fully saturated rings. The summed E-state index contributed by atoms with van der Waals surface area (Å²) in [5.74, 6) is -0.353. The molecule has 10 heteroatoms. The second-order valence-electron chi connectivity index (χ2n) is 5.97. The van der Waals surface area contributed by atoms with Crippen LogP contribution in [0.4, 0.5) is 0 Å². The maximum Gasteiger partial charge on any atom is 0.306 e. The van der Waals surface area contributed by atoms with E-state index in [0.717, 1.165) is 30.6 Å². The van der Waals surface area contributed by atoms with Crippen molar-refractivity contribution in [1.29, 1.82) is 5.41 Å². The fourth-order valence-electron chi connectivity index (χ4n) is 2.42. The topological polar surface area (TPSA) is 112 Å². The molecule has 1 amide bonds. The molecule has 8 nitrogen and oxygen atoms in total. The summed E-state index contributed by atoms with van der Waals surface area (Å²) < 4.78 is 27.1. The number of rotatable bonds is 6. The number of fused-ring (bicyclic) bond motifs is 1. The van der Waals surface area contributed by atoms with Crippen LogP contribution in [0.5, 0.6) is 5.75 Å². The third-order valence-corrected chi connectivity index (χ3v) is 5.14. The minimum Gasteiger partial charge on any atom is -0.383 e. The highest BCUT2D eigenvalue weighted by atomic mass is 32.2. The van der Waals surface area contributed by atoms with Crippen molar-refractivity contribution in [1.82, 2.24) is 5.01 Å². The first-order valence-electron chi connectivity index (χ1n) is 8.25. The van der Waals surface area contributed by atoms with E-state index in [9.17, 15) is 13.2 Å². The number of unbranched alkanes of at least 4 members (excludes halogenated alkanes) is 1. The Balaban J connectivity index is 1.82. The van der Waals surface area contributed by atoms with Crippen LogP contribution >= 0.6 is 11.8 Å². The number of amidine groups is 2. The van der Waals surface area contributed by atoms with E-state index in [4.69, 9.17) is 9.59 Å². The molecule has 142 valence electrons. The predicted molar refractivity (Wildman–Crippen MR) is 106 cm³/mol. The molecular formula is C17H18N4O4S2. The zero-order valence-corrected chi connectivity index (χ0v) is 16.4. The summed E-state index contributed by atoms with van der Waals surface area (Å²) in [6.07, 6.45) is 5.30. The van der Waals surface area contributed by atoms with Gasteiger partial charge in [0.2, 0.25) is 5.17 Å². The summed E-state index contributed by atoms with van der Waals surface area (Å²) in [6.45, 7) is 2.09. The molecule has 0 atom stereocenters. The number of thioether (sulfide) groups is 1. The number of carbonyl (C=O) groups excluding carboxylic acids is 1. The highest BCUT2D eigenvalue weighted by Crippen LogP contribution is 2.30. The fraction of sp³-hybridized carbons (Fsp3) is 0.294. The van der Waals surface area contributed by atoms with Gasteiger partial charge in [0, 0.05) is 0 Å². The van der Waals surface area contributed by atoms with Crippen LogP contribution < -0.4 is 4.18 Å². The Bertz CT molecular complexity index is 979. The molecule has 0 saturated heterocycles. The van der Waals surface area contributed by atoms with E-state index < -0.39 is 16.0 Å². The molecule has 3 rings (SSSR count). The Labute approximate surface area is 161 Å². The Hall–Kier alpha value is -2.46. The Kier molecular flexibility index (Phi) is 5.47. The van der Waals surface area contributed by atoms with E-state index in [1.54, 1.807) is 12.1 Å². The molecule has 0 spiro atoms. The third kappa shape index (κ3) is 4.64. The summed E-state index contributed by atoms with van der Waals surface area (Å²) in [7, 11) is -3.60. The highest BCUT2D eigenvalue weighted by Gasteiger charge is 2.35. The van der Waals surface area contributed by atoms with Crippen molar-refractivity contribution in [3.63, 3.8) is 0 Å². The quantitative estimate of drug-likeness (QED) is 0.574. The van der Waals surface area contributed by atoms with Gasteiger partial charge in [-0.25, -0.2) is 0 Å². The van der Waals surface area contributed by atoms with Gasteiger partial charge in [-0.3, -0.25) is 10.2 Å². The second kappa shape index (κ2) is 7.65. The molecule has 0 aliphatic carbocycles. The lowest BCUT2D eigenvalue weighted by Crippen LogP contribution is -2.35. The largest absolute Gasteiger partial charge is 0.383 e. The van der Waals surface area contributed by atoms with Crippen molar-refractivity contribution >= 4 is 49.9 Å². The van der Waals surface area contributed by atoms with Crippen LogP contribution in [0.15, 0.2) is 39.9 Å². The van der Waals surface area contributed by atoms with Crippen molar-refractivity contribution in [2.45, 2.75) is 26.2 Å². The monoisotopic (exact) mass is 406 g/mol. The number of amides is 1. The average molecular weight is 406 g/mol. The van der Waals surface area contributed by atoms with Gasteiger partial charge in [0.05, 0.1) is 11.8 Å². The van der Waals surface area contributed by atoms with Crippen LogP contribution in [-0.2, 0) is 14.9 Å². The zero-order chi connectivity index (χ0) is 19.6. The maximum atomic E-state index is 12.3. The molecule has 0 saturated carbocycles. The molecular weight excluding hydrogens is 388 g/mol. The van der Waals surface area contributed by atoms with Crippen molar-refractivity contribution < 1.29 is 17.4 Å². The number of carbonyl (C=O) groups is 1. The number of aliphatic imine (C=N–C) groups is 1. The first-order valence-corrected chi connectivity index (χ1v) is 10.9. The molecule has 0 bridgehead atoms. The number of nitrogens with zero attached hydrogens (tertiary/aromatic N) is 3. The van der Waals surface area contributed by atoms with E-state index in [2.05, 4.69) is 17.0 Å². The lowest BCUT2D eigenvalue weighted by molar-refractivity contribution is -0.114. The maximum absolute atomic E-state index is 12.3. The average Bonchev–Trinajstić information content (AvgIpc) is 3.00. The van der Waals surface area contributed by atoms with Crippen molar-refractivity contribution in [3.8, 4) is 5.75 Å². The van der Waals surface area contributed by atoms with E-state index >= 15 is 0 Å². The van der Waals surface area contributed by atoms with Gasteiger partial charge in [-0.2, -0.15) is 23.5 Å². The Morgan fingerprint density at radius 2 is 2.00 bits per heavy atom. The van der Waals surface area contributed by atoms with Gasteiger partial charge < -0.3 is 4.18 Å². The van der Waals surface area contributed by atoms with Gasteiger partial charge >= 0.3 is 10.1 Å². The molecule has 2 heterocycles. The number of hydrogen-bond acceptors (Lipinski definition) is 7. The lowest BCUT2D eigenvalue weighted by Gasteiger charge is -2.20. The van der Waals surface area contributed by atoms with Gasteiger partial charge in [-0.15, -0.1) is 0 Å². The van der Waals surface area contributed by atoms with Crippen LogP contribution in [0.25, 0.3) is 6.08 Å². The van der Waals surface area contributed by atoms with Crippen molar-refractivity contribution in [3.05, 3.63) is 35.4 Å². The SMILES string of the molecule is CCCCC1=NN2C(=N)/C(=C/c3ccc(OS(C)(=O)=O)cc3)C(=O)N=C2S1. The molecule has 1 aromatic rings. The van der Waals surface area contributed by atoms with E-state index in [1.807, 2.05) is 0 Å². The number of hydrogen-bond donors (Lipinski definition) is 1. The number of hydrazone groups is 1. The van der Waals surface area contributed by atoms with Crippen LogP contribution in [0.3, 0.4) is 0 Å². The minimum absolute atomic E-state index is 0.0274. The summed E-state index contributed by atoms with van der Waals surface area (Å²) in [5, 5.41) is 15.3. The Morgan fingerprint density at radius 3 is 2.63 bits per heavy atom. The summed E-state index contributed by atoms with van der Waals surface area (Å²) >= 11 is 1.32. The first-order chi connectivity index (χ1) is 12.8. The molecule has 27 heavy (non-hydrogen) atoms. The van der Waals surface area contributed by atoms with Gasteiger partial charge in [0.1, 0.15) is 10.8 Å². The smallest absolute Gasteiger partial charge is 0.306 e. The summed E-state index contributed by atoms with van der Waals surface area (Å²) in [6, 6.07) is 6.15. The predicted octanol–water partition coefficient (Wildman–Crippen LogP) is 2.83. The van der Waals surface area contributed by atoms with E-state index in [0.29, 0.717) is 10.7 Å². The molecule has 0 aromatic heterocycles. The highest BCUT2D eigenvalue weighted by molar-refractivity contribution is 8.26. The van der Waals surface area contributed by atoms with Crippen molar-refractivity contribution in [2.24, 2.45) is 10.1 Å². The summed E-state index contributed by atoms with van der Waals surface area (Å²) in [5.41, 5.74) is 0.737. The lowest BCUT2D eigenvalue weighted by atomic mass is 10.1. The molecule has 2 aliphatic heterocycles. The van der Waals surface area contributed by atoms with Crippen molar-refractivity contribution in [2.75, 3.05) is 6.26 Å². The molecule has 0 radical (unpaired) electrons. The second-order valence-corrected chi connectivity index (χ2v) is 8.59. The molecule has 0 unspecified atom stereocenters. The molecule has 1 N–H and O–H groups in total. The normalized spacial score (nSPS) is 18.4. The van der Waals surface area contributed by atoms with Gasteiger partial charge in [-0.1, -0.05) is 25.5 Å². The molecule has 2 aliphatic rings. The first kappa shape index (κ1) is 19.3. The third-order valence-electron chi connectivity index (χ3n) is 3.68. The zero-order valence-electron chi connectivity index (χ0n) is 14.8. The van der Waals surface area contributed by atoms with E-state index in [1.165, 1.54) is 35.0 Å². The van der Waals surface area contributed by atoms with Gasteiger partial charge in [0.15, 0.2) is 5.84 Å². The van der Waals surface area contributed by atoms with E-state index in [-0.39, 0.29) is 17.2 Å². The Morgan fingerprint density at radius 1 is 1.30 bits per heavy atom. The van der Waals surface area contributed by atoms with Crippen LogP contribution in [0, 0.1) is 5.41 Å². The minimum atomic E-state index is -3.60. The van der Waals surface area contributed by atoms with Crippen LogP contribution in [-0.4, -0.2) is 41.6 Å². The fourth-order valence-corrected chi connectivity index (χ4v) is 3.81. The van der Waals surface area contributed by atoms with Gasteiger partial charge in [-0.05, 0) is 48.4 Å².